The summed E-state index contributed by atoms with van der Waals surface area (Å²) >= 11 is 1.35. The van der Waals surface area contributed by atoms with Crippen LogP contribution in [0.5, 0.6) is 0 Å². The van der Waals surface area contributed by atoms with Gasteiger partial charge in [-0.15, -0.1) is 11.8 Å². The van der Waals surface area contributed by atoms with Gasteiger partial charge in [0.15, 0.2) is 0 Å². The molecule has 0 radical (unpaired) electrons. The van der Waals surface area contributed by atoms with Crippen molar-refractivity contribution >= 4 is 36.5 Å². The predicted molar refractivity (Wildman–Crippen MR) is 83.0 cm³/mol. The van der Waals surface area contributed by atoms with Crippen LogP contribution in [0.1, 0.15) is 22.8 Å². The number of amides is 3. The third kappa shape index (κ3) is 6.40. The highest BCUT2D eigenvalue weighted by Gasteiger charge is 2.13. The van der Waals surface area contributed by atoms with Crippen molar-refractivity contribution in [3.05, 3.63) is 29.3 Å². The van der Waals surface area contributed by atoms with Gasteiger partial charge in [0.2, 0.25) is 6.41 Å². The van der Waals surface area contributed by atoms with Crippen molar-refractivity contribution in [1.82, 2.24) is 10.2 Å². The second kappa shape index (κ2) is 10.4. The number of aromatic carboxylic acids is 1. The first kappa shape index (κ1) is 19.7. The number of imide groups is 1. The fourth-order valence-corrected chi connectivity index (χ4v) is 2.10. The fraction of sp³-hybridized carbons (Fsp3) is 0.286. The number of benzene rings is 1. The van der Waals surface area contributed by atoms with Gasteiger partial charge in [0.25, 0.3) is 0 Å². The van der Waals surface area contributed by atoms with Crippen LogP contribution in [0.15, 0.2) is 23.1 Å². The number of carbonyl (C=O) groups excluding carboxylic acids is 3. The number of aldehydes is 1. The molecule has 0 fully saturated rings. The summed E-state index contributed by atoms with van der Waals surface area (Å²) < 4.78 is 0. The van der Waals surface area contributed by atoms with Gasteiger partial charge in [0.05, 0.1) is 5.56 Å². The first-order chi connectivity index (χ1) is 10.4. The van der Waals surface area contributed by atoms with Crippen LogP contribution in [-0.2, 0) is 16.1 Å². The van der Waals surface area contributed by atoms with E-state index in [0.29, 0.717) is 16.9 Å². The van der Waals surface area contributed by atoms with Crippen LogP contribution < -0.4 is 5.32 Å². The molecule has 120 valence electrons. The number of hydrogen-bond acceptors (Lipinski definition) is 5. The minimum absolute atomic E-state index is 0.203. The van der Waals surface area contributed by atoms with Crippen LogP contribution in [0.4, 0.5) is 4.79 Å². The van der Waals surface area contributed by atoms with Gasteiger partial charge in [-0.2, -0.15) is 0 Å². The van der Waals surface area contributed by atoms with Crippen LogP contribution in [0.3, 0.4) is 0 Å². The lowest BCUT2D eigenvalue weighted by Crippen LogP contribution is -2.35. The van der Waals surface area contributed by atoms with E-state index in [1.54, 1.807) is 18.4 Å². The molecule has 1 rings (SSSR count). The van der Waals surface area contributed by atoms with Gasteiger partial charge < -0.3 is 14.8 Å². The Morgan fingerprint density at radius 2 is 1.95 bits per heavy atom. The van der Waals surface area contributed by atoms with E-state index in [4.69, 9.17) is 9.90 Å². The van der Waals surface area contributed by atoms with Crippen LogP contribution in [0, 0.1) is 0 Å². The Hall–Kier alpha value is -2.35. The summed E-state index contributed by atoms with van der Waals surface area (Å²) in [5, 5.41) is 11.1. The van der Waals surface area contributed by atoms with Crippen molar-refractivity contribution in [3.63, 3.8) is 0 Å². The average Bonchev–Trinajstić information content (AvgIpc) is 2.48. The van der Waals surface area contributed by atoms with E-state index in [1.165, 1.54) is 36.7 Å². The highest BCUT2D eigenvalue weighted by atomic mass is 32.2. The number of carboxylic acids is 1. The molecule has 0 bridgehead atoms. The molecule has 0 aliphatic rings. The summed E-state index contributed by atoms with van der Waals surface area (Å²) in [5.74, 6) is -1.01. The number of thioether (sulfide) groups is 1. The maximum atomic E-state index is 11.4. The van der Waals surface area contributed by atoms with E-state index in [-0.39, 0.29) is 12.1 Å². The van der Waals surface area contributed by atoms with E-state index in [2.05, 4.69) is 0 Å². The van der Waals surface area contributed by atoms with Crippen LogP contribution in [0.2, 0.25) is 0 Å². The lowest BCUT2D eigenvalue weighted by molar-refractivity contribution is -0.109. The summed E-state index contributed by atoms with van der Waals surface area (Å²) in [6.07, 6.45) is 2.85. The molecule has 1 aromatic carbocycles. The number of hydrogen-bond donors (Lipinski definition) is 2. The highest BCUT2D eigenvalue weighted by Crippen LogP contribution is 2.22. The normalized spacial score (nSPS) is 9.05. The second-order valence-electron chi connectivity index (χ2n) is 4.00. The SMILES string of the molecule is CC=O.CSc1ccc(CN(C)C(=O)NC=O)cc1C(=O)O. The standard InChI is InChI=1S/C12H14N2O4S.C2H4O/c1-14(12(18)13-7-15)6-8-3-4-10(19-2)9(5-8)11(16)17;1-2-3/h3-5,7H,6H2,1-2H3,(H,16,17)(H,13,15,18);2H,1H3. The largest absolute Gasteiger partial charge is 0.478 e. The number of nitrogens with zero attached hydrogens (tertiary/aromatic N) is 1. The highest BCUT2D eigenvalue weighted by molar-refractivity contribution is 7.98. The molecule has 0 atom stereocenters. The number of rotatable bonds is 5. The van der Waals surface area contributed by atoms with Gasteiger partial charge in [0.1, 0.15) is 6.29 Å². The Morgan fingerprint density at radius 3 is 2.41 bits per heavy atom. The quantitative estimate of drug-likeness (QED) is 0.629. The lowest BCUT2D eigenvalue weighted by atomic mass is 10.1. The number of carboxylic acid groups (broad SMARTS) is 1. The maximum absolute atomic E-state index is 11.4. The molecular weight excluding hydrogens is 308 g/mol. The third-order valence-corrected chi connectivity index (χ3v) is 3.24. The average molecular weight is 326 g/mol. The molecule has 2 N–H and O–H groups in total. The molecule has 0 unspecified atom stereocenters. The number of carbonyl (C=O) groups is 4. The Kier molecular flexibility index (Phi) is 9.28. The van der Waals surface area contributed by atoms with E-state index in [9.17, 15) is 14.4 Å². The molecule has 0 aliphatic heterocycles. The Bertz CT molecular complexity index is 548. The van der Waals surface area contributed by atoms with Crippen LogP contribution >= 0.6 is 11.8 Å². The number of nitrogens with one attached hydrogen (secondary N) is 1. The summed E-state index contributed by atoms with van der Waals surface area (Å²) in [6, 6.07) is 4.44. The monoisotopic (exact) mass is 326 g/mol. The van der Waals surface area contributed by atoms with E-state index in [0.717, 1.165) is 6.29 Å². The van der Waals surface area contributed by atoms with Gasteiger partial charge in [-0.1, -0.05) is 6.07 Å². The molecular formula is C14H18N2O5S. The van der Waals surface area contributed by atoms with Crippen molar-refractivity contribution in [2.45, 2.75) is 18.4 Å². The maximum Gasteiger partial charge on any atom is 0.336 e. The predicted octanol–water partition coefficient (Wildman–Crippen LogP) is 1.61. The van der Waals surface area contributed by atoms with Crippen LogP contribution in [-0.4, -0.2) is 48.0 Å². The molecule has 8 heteroatoms. The molecule has 7 nitrogen and oxygen atoms in total. The van der Waals surface area contributed by atoms with Crippen molar-refractivity contribution in [1.29, 1.82) is 0 Å². The summed E-state index contributed by atoms with van der Waals surface area (Å²) in [5.41, 5.74) is 0.882. The molecule has 0 aromatic heterocycles. The summed E-state index contributed by atoms with van der Waals surface area (Å²) in [6.45, 7) is 1.66. The van der Waals surface area contributed by atoms with Crippen molar-refractivity contribution in [3.8, 4) is 0 Å². The second-order valence-corrected chi connectivity index (χ2v) is 4.85. The van der Waals surface area contributed by atoms with E-state index < -0.39 is 12.0 Å². The zero-order chi connectivity index (χ0) is 17.1. The Labute approximate surface area is 132 Å². The van der Waals surface area contributed by atoms with Crippen molar-refractivity contribution < 1.29 is 24.3 Å². The topological polar surface area (TPSA) is 104 Å². The van der Waals surface area contributed by atoms with Gasteiger partial charge >= 0.3 is 12.0 Å². The molecule has 0 spiro atoms. The zero-order valence-corrected chi connectivity index (χ0v) is 13.3. The minimum atomic E-state index is -1.01. The summed E-state index contributed by atoms with van der Waals surface area (Å²) in [4.78, 5) is 43.4. The van der Waals surface area contributed by atoms with Crippen molar-refractivity contribution in [2.24, 2.45) is 0 Å². The molecule has 0 aliphatic carbocycles. The molecule has 0 saturated carbocycles. The van der Waals surface area contributed by atoms with Gasteiger partial charge in [-0.25, -0.2) is 9.59 Å². The van der Waals surface area contributed by atoms with E-state index in [1.807, 2.05) is 5.32 Å². The van der Waals surface area contributed by atoms with Crippen molar-refractivity contribution in [2.75, 3.05) is 13.3 Å². The molecule has 0 heterocycles. The number of urea groups is 1. The summed E-state index contributed by atoms with van der Waals surface area (Å²) in [7, 11) is 1.52. The minimum Gasteiger partial charge on any atom is -0.478 e. The first-order valence-corrected chi connectivity index (χ1v) is 7.39. The smallest absolute Gasteiger partial charge is 0.336 e. The first-order valence-electron chi connectivity index (χ1n) is 6.16. The lowest BCUT2D eigenvalue weighted by Gasteiger charge is -2.16. The van der Waals surface area contributed by atoms with E-state index >= 15 is 0 Å². The Morgan fingerprint density at radius 1 is 1.36 bits per heavy atom. The third-order valence-electron chi connectivity index (χ3n) is 2.44. The molecule has 1 aromatic rings. The Balaban J connectivity index is 0.00000135. The van der Waals surface area contributed by atoms with Crippen LogP contribution in [0.25, 0.3) is 0 Å². The van der Waals surface area contributed by atoms with Gasteiger partial charge in [0, 0.05) is 18.5 Å². The van der Waals surface area contributed by atoms with Gasteiger partial charge in [-0.05, 0) is 30.9 Å². The molecule has 22 heavy (non-hydrogen) atoms. The molecule has 0 saturated heterocycles. The van der Waals surface area contributed by atoms with Gasteiger partial charge in [-0.3, -0.25) is 10.1 Å². The molecule has 3 amide bonds. The zero-order valence-electron chi connectivity index (χ0n) is 12.5. The fourth-order valence-electron chi connectivity index (χ4n) is 1.53.